The third kappa shape index (κ3) is 2.91. The van der Waals surface area contributed by atoms with Gasteiger partial charge in [0, 0.05) is 17.4 Å². The van der Waals surface area contributed by atoms with Crippen LogP contribution in [0.2, 0.25) is 0 Å². The van der Waals surface area contributed by atoms with Crippen LogP contribution in [0.5, 0.6) is 0 Å². The molecular weight excluding hydrogens is 440 g/mol. The summed E-state index contributed by atoms with van der Waals surface area (Å²) in [4.78, 5) is 28.4. The normalized spacial score (nSPS) is 24.6. The standard InChI is InChI=1S/C34H24O2/c35-33-28(24-19-11-4-12-20-24)27(23-17-9-3-10-18-23)29-30-25(21-13-5-1-6-14-21)26(22-15-7-2-8-16-22)31(32(29)33)34(30)36/h1-20,29-32H/t29-,30+,31+,32+/m1/s1. The highest BCUT2D eigenvalue weighted by molar-refractivity contribution is 6.37. The molecule has 0 radical (unpaired) electrons. The summed E-state index contributed by atoms with van der Waals surface area (Å²) in [6.07, 6.45) is 0. The van der Waals surface area contributed by atoms with E-state index >= 15 is 0 Å². The van der Waals surface area contributed by atoms with Crippen molar-refractivity contribution in [1.29, 1.82) is 0 Å². The van der Waals surface area contributed by atoms with Crippen molar-refractivity contribution in [1.82, 2.24) is 0 Å². The topological polar surface area (TPSA) is 34.1 Å². The molecule has 0 unspecified atom stereocenters. The number of allylic oxidation sites excluding steroid dienone is 4. The molecule has 4 aromatic rings. The molecule has 172 valence electrons. The van der Waals surface area contributed by atoms with Crippen molar-refractivity contribution >= 4 is 33.9 Å². The Morgan fingerprint density at radius 1 is 0.389 bits per heavy atom. The highest BCUT2D eigenvalue weighted by Crippen LogP contribution is 2.66. The zero-order valence-corrected chi connectivity index (χ0v) is 19.7. The molecule has 0 aromatic heterocycles. The van der Waals surface area contributed by atoms with Gasteiger partial charge in [0.15, 0.2) is 5.78 Å². The maximum atomic E-state index is 14.3. The second kappa shape index (κ2) is 8.13. The number of carbonyl (C=O) groups excluding carboxylic acids is 2. The first-order valence-corrected chi connectivity index (χ1v) is 12.5. The predicted molar refractivity (Wildman–Crippen MR) is 143 cm³/mol. The molecule has 2 bridgehead atoms. The van der Waals surface area contributed by atoms with Crippen molar-refractivity contribution < 1.29 is 9.59 Å². The van der Waals surface area contributed by atoms with Crippen LogP contribution in [0.25, 0.3) is 22.3 Å². The van der Waals surface area contributed by atoms with Gasteiger partial charge in [-0.05, 0) is 39.0 Å². The predicted octanol–water partition coefficient (Wildman–Crippen LogP) is 6.85. The minimum absolute atomic E-state index is 0.103. The zero-order valence-electron chi connectivity index (χ0n) is 19.7. The molecule has 2 nitrogen and oxygen atoms in total. The highest BCUT2D eigenvalue weighted by atomic mass is 16.1. The lowest BCUT2D eigenvalue weighted by Crippen LogP contribution is -2.26. The molecule has 3 aliphatic rings. The lowest BCUT2D eigenvalue weighted by atomic mass is 9.71. The lowest BCUT2D eigenvalue weighted by molar-refractivity contribution is -0.123. The van der Waals surface area contributed by atoms with Crippen LogP contribution >= 0.6 is 0 Å². The summed E-state index contributed by atoms with van der Waals surface area (Å²) in [6, 6.07) is 40.6. The third-order valence-electron chi connectivity index (χ3n) is 8.10. The summed E-state index contributed by atoms with van der Waals surface area (Å²) in [5.74, 6) is -0.989. The third-order valence-corrected chi connectivity index (χ3v) is 8.10. The molecule has 0 amide bonds. The van der Waals surface area contributed by atoms with Gasteiger partial charge in [-0.2, -0.15) is 0 Å². The van der Waals surface area contributed by atoms with Gasteiger partial charge in [-0.3, -0.25) is 9.59 Å². The fourth-order valence-corrected chi connectivity index (χ4v) is 6.83. The molecule has 7 rings (SSSR count). The Labute approximate surface area is 210 Å². The second-order valence-corrected chi connectivity index (χ2v) is 9.85. The number of hydrogen-bond donors (Lipinski definition) is 0. The second-order valence-electron chi connectivity index (χ2n) is 9.85. The Kier molecular flexibility index (Phi) is 4.75. The smallest absolute Gasteiger partial charge is 0.168 e. The molecule has 0 spiro atoms. The summed E-state index contributed by atoms with van der Waals surface area (Å²) in [5.41, 5.74) is 8.01. The van der Waals surface area contributed by atoms with E-state index in [1.807, 2.05) is 84.9 Å². The van der Waals surface area contributed by atoms with E-state index in [0.717, 1.165) is 44.5 Å². The summed E-state index contributed by atoms with van der Waals surface area (Å²) >= 11 is 0. The van der Waals surface area contributed by atoms with Crippen LogP contribution in [0, 0.1) is 23.7 Å². The van der Waals surface area contributed by atoms with Gasteiger partial charge >= 0.3 is 0 Å². The van der Waals surface area contributed by atoms with E-state index in [1.54, 1.807) is 0 Å². The Balaban J connectivity index is 1.51. The molecule has 36 heavy (non-hydrogen) atoms. The molecule has 2 heteroatoms. The highest BCUT2D eigenvalue weighted by Gasteiger charge is 2.65. The monoisotopic (exact) mass is 464 g/mol. The minimum atomic E-state index is -0.426. The molecule has 4 atom stereocenters. The number of rotatable bonds is 4. The van der Waals surface area contributed by atoms with Crippen LogP contribution in [0.4, 0.5) is 0 Å². The molecule has 3 aliphatic carbocycles. The molecule has 4 aromatic carbocycles. The van der Waals surface area contributed by atoms with Crippen molar-refractivity contribution in [3.8, 4) is 0 Å². The van der Waals surface area contributed by atoms with Gasteiger partial charge in [0.2, 0.25) is 0 Å². The number of hydrogen-bond acceptors (Lipinski definition) is 2. The van der Waals surface area contributed by atoms with E-state index in [0.29, 0.717) is 0 Å². The molecule has 1 saturated carbocycles. The van der Waals surface area contributed by atoms with Crippen LogP contribution in [0.1, 0.15) is 22.3 Å². The fourth-order valence-electron chi connectivity index (χ4n) is 6.83. The Morgan fingerprint density at radius 2 is 0.750 bits per heavy atom. The first-order valence-electron chi connectivity index (χ1n) is 12.5. The molecule has 1 fully saturated rings. The number of Topliss-reactive ketones (excluding diaryl/α,β-unsaturated/α-hetero) is 2. The number of ketones is 2. The summed E-state index contributed by atoms with van der Waals surface area (Å²) in [7, 11) is 0. The van der Waals surface area contributed by atoms with Gasteiger partial charge in [-0.25, -0.2) is 0 Å². The van der Waals surface area contributed by atoms with Crippen LogP contribution < -0.4 is 0 Å². The number of carbonyl (C=O) groups is 2. The minimum Gasteiger partial charge on any atom is -0.298 e. The SMILES string of the molecule is O=C1[C@H]2C(c3ccccc3)=C(c3ccccc3)[C@H]1[C@H]1C(c3ccccc3)=C(c3ccccc3)C(=O)[C@H]21. The first-order chi connectivity index (χ1) is 17.8. The maximum absolute atomic E-state index is 14.3. The summed E-state index contributed by atoms with van der Waals surface area (Å²) in [6.45, 7) is 0. The Morgan fingerprint density at radius 3 is 1.19 bits per heavy atom. The summed E-state index contributed by atoms with van der Waals surface area (Å²) < 4.78 is 0. The molecule has 0 aliphatic heterocycles. The molecule has 0 heterocycles. The van der Waals surface area contributed by atoms with E-state index < -0.39 is 5.92 Å². The van der Waals surface area contributed by atoms with Crippen molar-refractivity contribution in [3.05, 3.63) is 144 Å². The van der Waals surface area contributed by atoms with E-state index in [9.17, 15) is 9.59 Å². The first kappa shape index (κ1) is 21.0. The van der Waals surface area contributed by atoms with E-state index in [4.69, 9.17) is 0 Å². The van der Waals surface area contributed by atoms with Crippen molar-refractivity contribution in [2.24, 2.45) is 23.7 Å². The number of benzene rings is 4. The Hall–Kier alpha value is -4.30. The van der Waals surface area contributed by atoms with Crippen LogP contribution in [-0.4, -0.2) is 11.6 Å². The van der Waals surface area contributed by atoms with Crippen LogP contribution in [0.3, 0.4) is 0 Å². The Bertz CT molecular complexity index is 1550. The summed E-state index contributed by atoms with van der Waals surface area (Å²) in [5, 5.41) is 0. The number of fused-ring (bicyclic) bond motifs is 5. The fraction of sp³-hybridized carbons (Fsp3) is 0.118. The average Bonchev–Trinajstić information content (AvgIpc) is 3.52. The van der Waals surface area contributed by atoms with E-state index in [1.165, 1.54) is 0 Å². The molecule has 0 N–H and O–H groups in total. The van der Waals surface area contributed by atoms with Gasteiger partial charge in [0.05, 0.1) is 11.8 Å². The van der Waals surface area contributed by atoms with Crippen molar-refractivity contribution in [3.63, 3.8) is 0 Å². The van der Waals surface area contributed by atoms with Crippen LogP contribution in [0.15, 0.2) is 121 Å². The molecule has 0 saturated heterocycles. The van der Waals surface area contributed by atoms with Gasteiger partial charge in [-0.15, -0.1) is 0 Å². The van der Waals surface area contributed by atoms with Crippen LogP contribution in [-0.2, 0) is 9.59 Å². The average molecular weight is 465 g/mol. The zero-order chi connectivity index (χ0) is 24.2. The van der Waals surface area contributed by atoms with E-state index in [-0.39, 0.29) is 29.3 Å². The van der Waals surface area contributed by atoms with Gasteiger partial charge in [0.25, 0.3) is 0 Å². The van der Waals surface area contributed by atoms with E-state index in [2.05, 4.69) is 36.4 Å². The van der Waals surface area contributed by atoms with Crippen molar-refractivity contribution in [2.45, 2.75) is 0 Å². The molecular formula is C34H24O2. The largest absolute Gasteiger partial charge is 0.298 e. The van der Waals surface area contributed by atoms with Gasteiger partial charge < -0.3 is 0 Å². The lowest BCUT2D eigenvalue weighted by Gasteiger charge is -2.30. The quantitative estimate of drug-likeness (QED) is 0.331. The van der Waals surface area contributed by atoms with Gasteiger partial charge in [0.1, 0.15) is 5.78 Å². The maximum Gasteiger partial charge on any atom is 0.168 e. The van der Waals surface area contributed by atoms with Gasteiger partial charge in [-0.1, -0.05) is 121 Å². The van der Waals surface area contributed by atoms with Crippen molar-refractivity contribution in [2.75, 3.05) is 0 Å².